The fraction of sp³-hybridized carbons (Fsp3) is 0.632. The molecule has 1 saturated carbocycles. The van der Waals surface area contributed by atoms with Gasteiger partial charge in [0, 0.05) is 26.2 Å². The van der Waals surface area contributed by atoms with Crippen molar-refractivity contribution in [2.24, 2.45) is 5.73 Å². The first-order valence-corrected chi connectivity index (χ1v) is 11.0. The summed E-state index contributed by atoms with van der Waals surface area (Å²) >= 11 is 0. The van der Waals surface area contributed by atoms with Crippen molar-refractivity contribution in [2.45, 2.75) is 55.9 Å². The Hall–Kier alpha value is -1.44. The quantitative estimate of drug-likeness (QED) is 0.866. The highest BCUT2D eigenvalue weighted by Crippen LogP contribution is 2.33. The van der Waals surface area contributed by atoms with Gasteiger partial charge in [0.2, 0.25) is 15.9 Å². The van der Waals surface area contributed by atoms with Crippen molar-refractivity contribution < 1.29 is 13.2 Å². The number of amides is 1. The third-order valence-electron chi connectivity index (χ3n) is 5.53. The van der Waals surface area contributed by atoms with E-state index in [1.807, 2.05) is 12.1 Å². The molecule has 0 radical (unpaired) electrons. The number of piperazine rings is 1. The molecule has 144 valence electrons. The van der Waals surface area contributed by atoms with Crippen LogP contribution in [-0.2, 0) is 14.8 Å². The lowest BCUT2D eigenvalue weighted by Gasteiger charge is -2.34. The number of hydrogen-bond donors (Lipinski definition) is 1. The Morgan fingerprint density at radius 1 is 1.04 bits per heavy atom. The van der Waals surface area contributed by atoms with Gasteiger partial charge in [0.25, 0.3) is 0 Å². The molecule has 1 aromatic carbocycles. The van der Waals surface area contributed by atoms with Gasteiger partial charge < -0.3 is 10.6 Å². The predicted octanol–water partition coefficient (Wildman–Crippen LogP) is 1.91. The second-order valence-electron chi connectivity index (χ2n) is 7.42. The molecule has 6 nitrogen and oxygen atoms in total. The largest absolute Gasteiger partial charge is 0.339 e. The van der Waals surface area contributed by atoms with Gasteiger partial charge >= 0.3 is 0 Å². The van der Waals surface area contributed by atoms with Crippen molar-refractivity contribution >= 4 is 15.9 Å². The smallest absolute Gasteiger partial charge is 0.243 e. The van der Waals surface area contributed by atoms with E-state index >= 15 is 0 Å². The summed E-state index contributed by atoms with van der Waals surface area (Å²) in [6, 6.07) is 6.86. The maximum atomic E-state index is 12.9. The van der Waals surface area contributed by atoms with Gasteiger partial charge in [-0.15, -0.1) is 0 Å². The van der Waals surface area contributed by atoms with Gasteiger partial charge in [-0.25, -0.2) is 8.42 Å². The molecule has 1 aliphatic heterocycles. The van der Waals surface area contributed by atoms with Crippen molar-refractivity contribution in [3.05, 3.63) is 29.8 Å². The van der Waals surface area contributed by atoms with Crippen molar-refractivity contribution in [3.8, 4) is 0 Å². The number of carbonyl (C=O) groups excluding carboxylic acids is 1. The average Bonchev–Trinajstić information content (AvgIpc) is 2.68. The maximum Gasteiger partial charge on any atom is 0.243 e. The summed E-state index contributed by atoms with van der Waals surface area (Å²) in [4.78, 5) is 13.9. The molecule has 1 aromatic rings. The number of sulfonamides is 1. The summed E-state index contributed by atoms with van der Waals surface area (Å²) in [7, 11) is -3.51. The lowest BCUT2D eigenvalue weighted by Crippen LogP contribution is -2.53. The molecule has 1 amide bonds. The number of nitrogens with two attached hydrogens (primary N) is 1. The normalized spacial score (nSPS) is 21.5. The van der Waals surface area contributed by atoms with E-state index in [-0.39, 0.29) is 5.91 Å². The fourth-order valence-electron chi connectivity index (χ4n) is 3.93. The molecule has 2 aliphatic rings. The first-order valence-electron chi connectivity index (χ1n) is 9.54. The molecule has 0 spiro atoms. The summed E-state index contributed by atoms with van der Waals surface area (Å²) in [6.07, 6.45) is 6.22. The topological polar surface area (TPSA) is 83.7 Å². The van der Waals surface area contributed by atoms with E-state index in [1.54, 1.807) is 24.0 Å². The molecular formula is C19H29N3O3S. The first-order chi connectivity index (χ1) is 12.4. The Morgan fingerprint density at radius 3 is 2.15 bits per heavy atom. The average molecular weight is 380 g/mol. The number of carbonyl (C=O) groups is 1. The van der Waals surface area contributed by atoms with E-state index in [4.69, 9.17) is 5.73 Å². The molecule has 26 heavy (non-hydrogen) atoms. The minimum Gasteiger partial charge on any atom is -0.339 e. The number of rotatable bonds is 4. The van der Waals surface area contributed by atoms with Gasteiger partial charge in [-0.3, -0.25) is 4.79 Å². The summed E-state index contributed by atoms with van der Waals surface area (Å²) < 4.78 is 27.2. The highest BCUT2D eigenvalue weighted by atomic mass is 32.2. The molecule has 0 bridgehead atoms. The van der Waals surface area contributed by atoms with Crippen LogP contribution in [0.3, 0.4) is 0 Å². The van der Waals surface area contributed by atoms with Crippen LogP contribution in [0, 0.1) is 0 Å². The van der Waals surface area contributed by atoms with E-state index in [9.17, 15) is 13.2 Å². The monoisotopic (exact) mass is 379 g/mol. The third-order valence-corrected chi connectivity index (χ3v) is 7.45. The summed E-state index contributed by atoms with van der Waals surface area (Å²) in [6.45, 7) is 3.05. The van der Waals surface area contributed by atoms with Gasteiger partial charge in [-0.2, -0.15) is 4.31 Å². The SMILES string of the molecule is C[C@@H](N)C(=O)N1CCN(S(=O)(=O)c2ccc(C3CCCCC3)cc2)CC1. The molecule has 2 N–H and O–H groups in total. The molecule has 2 fully saturated rings. The molecule has 1 atom stereocenters. The molecule has 1 saturated heterocycles. The Bertz CT molecular complexity index is 717. The lowest BCUT2D eigenvalue weighted by atomic mass is 9.84. The molecule has 1 heterocycles. The molecule has 0 unspecified atom stereocenters. The first kappa shape index (κ1) is 19.3. The summed E-state index contributed by atoms with van der Waals surface area (Å²) in [5.41, 5.74) is 6.88. The fourth-order valence-corrected chi connectivity index (χ4v) is 5.36. The van der Waals surface area contributed by atoms with Crippen molar-refractivity contribution in [1.29, 1.82) is 0 Å². The van der Waals surface area contributed by atoms with Crippen molar-refractivity contribution in [2.75, 3.05) is 26.2 Å². The molecule has 7 heteroatoms. The zero-order valence-corrected chi connectivity index (χ0v) is 16.2. The molecule has 3 rings (SSSR count). The second kappa shape index (κ2) is 8.06. The lowest BCUT2D eigenvalue weighted by molar-refractivity contribution is -0.133. The van der Waals surface area contributed by atoms with Crippen LogP contribution in [0.5, 0.6) is 0 Å². The highest BCUT2D eigenvalue weighted by Gasteiger charge is 2.31. The zero-order valence-electron chi connectivity index (χ0n) is 15.4. The Labute approximate surface area is 156 Å². The van der Waals surface area contributed by atoms with Crippen LogP contribution in [0.15, 0.2) is 29.2 Å². The van der Waals surface area contributed by atoms with Crippen molar-refractivity contribution in [3.63, 3.8) is 0 Å². The van der Waals surface area contributed by atoms with Crippen LogP contribution in [0.4, 0.5) is 0 Å². The second-order valence-corrected chi connectivity index (χ2v) is 9.36. The van der Waals surface area contributed by atoms with E-state index < -0.39 is 16.1 Å². The maximum absolute atomic E-state index is 12.9. The zero-order chi connectivity index (χ0) is 18.7. The van der Waals surface area contributed by atoms with E-state index in [0.29, 0.717) is 37.0 Å². The van der Waals surface area contributed by atoms with Gasteiger partial charge in [-0.05, 0) is 43.4 Å². The van der Waals surface area contributed by atoms with Crippen LogP contribution < -0.4 is 5.73 Å². The van der Waals surface area contributed by atoms with Gasteiger partial charge in [-0.1, -0.05) is 31.4 Å². The van der Waals surface area contributed by atoms with Crippen LogP contribution in [0.2, 0.25) is 0 Å². The van der Waals surface area contributed by atoms with Crippen LogP contribution in [-0.4, -0.2) is 55.8 Å². The number of benzene rings is 1. The van der Waals surface area contributed by atoms with Crippen LogP contribution in [0.1, 0.15) is 50.5 Å². The van der Waals surface area contributed by atoms with Crippen molar-refractivity contribution in [1.82, 2.24) is 9.21 Å². The molecule has 0 aromatic heterocycles. The number of hydrogen-bond acceptors (Lipinski definition) is 4. The highest BCUT2D eigenvalue weighted by molar-refractivity contribution is 7.89. The standard InChI is InChI=1S/C19H29N3O3S/c1-15(20)19(23)21-11-13-22(14-12-21)26(24,25)18-9-7-17(8-10-18)16-5-3-2-4-6-16/h7-10,15-16H,2-6,11-14,20H2,1H3/t15-/m1/s1. The van der Waals surface area contributed by atoms with Crippen LogP contribution >= 0.6 is 0 Å². The minimum atomic E-state index is -3.51. The number of nitrogens with zero attached hydrogens (tertiary/aromatic N) is 2. The van der Waals surface area contributed by atoms with Gasteiger partial charge in [0.1, 0.15) is 0 Å². The van der Waals surface area contributed by atoms with E-state index in [0.717, 1.165) is 0 Å². The molecule has 1 aliphatic carbocycles. The van der Waals surface area contributed by atoms with Gasteiger partial charge in [0.15, 0.2) is 0 Å². The van der Waals surface area contributed by atoms with E-state index in [2.05, 4.69) is 0 Å². The minimum absolute atomic E-state index is 0.126. The predicted molar refractivity (Wildman–Crippen MR) is 101 cm³/mol. The van der Waals surface area contributed by atoms with E-state index in [1.165, 1.54) is 42.0 Å². The Morgan fingerprint density at radius 2 is 1.62 bits per heavy atom. The van der Waals surface area contributed by atoms with Crippen LogP contribution in [0.25, 0.3) is 0 Å². The molecular weight excluding hydrogens is 350 g/mol. The summed E-state index contributed by atoms with van der Waals surface area (Å²) in [5.74, 6) is 0.437. The Kier molecular flexibility index (Phi) is 5.99. The third kappa shape index (κ3) is 4.10. The van der Waals surface area contributed by atoms with Gasteiger partial charge in [0.05, 0.1) is 10.9 Å². The Balaban J connectivity index is 1.66. The summed E-state index contributed by atoms with van der Waals surface area (Å²) in [5, 5.41) is 0.